The summed E-state index contributed by atoms with van der Waals surface area (Å²) in [5, 5.41) is 10.0. The van der Waals surface area contributed by atoms with E-state index in [2.05, 4.69) is 30.8 Å². The number of nitrogens with one attached hydrogen (secondary N) is 1. The fourth-order valence-corrected chi connectivity index (χ4v) is 4.65. The molecule has 1 N–H and O–H groups in total. The van der Waals surface area contributed by atoms with E-state index >= 15 is 0 Å². The number of H-pyrrole nitrogens is 1. The number of hydrogen-bond acceptors (Lipinski definition) is 5. The third kappa shape index (κ3) is 2.90. The maximum absolute atomic E-state index is 8.96. The van der Waals surface area contributed by atoms with Crippen molar-refractivity contribution in [1.29, 1.82) is 5.26 Å². The Morgan fingerprint density at radius 2 is 2.00 bits per heavy atom. The smallest absolute Gasteiger partial charge is 0.142 e. The minimum absolute atomic E-state index is 0.134. The van der Waals surface area contributed by atoms with Crippen LogP contribution in [0.15, 0.2) is 42.9 Å². The molecule has 2 aromatic heterocycles. The van der Waals surface area contributed by atoms with Gasteiger partial charge in [-0.15, -0.1) is 0 Å². The van der Waals surface area contributed by atoms with Gasteiger partial charge in [0, 0.05) is 32.3 Å². The summed E-state index contributed by atoms with van der Waals surface area (Å²) in [5.74, 6) is 1.01. The van der Waals surface area contributed by atoms with Gasteiger partial charge < -0.3 is 14.8 Å². The van der Waals surface area contributed by atoms with Crippen LogP contribution in [0.5, 0.6) is 0 Å². The van der Waals surface area contributed by atoms with E-state index in [1.165, 1.54) is 12.8 Å². The van der Waals surface area contributed by atoms with Gasteiger partial charge in [-0.25, -0.2) is 9.97 Å². The molecule has 140 valence electrons. The molecule has 5 rings (SSSR count). The second-order valence-electron chi connectivity index (χ2n) is 7.61. The van der Waals surface area contributed by atoms with Crippen LogP contribution in [0.2, 0.25) is 0 Å². The minimum atomic E-state index is 0.134. The number of nitrogens with zero attached hydrogens (tertiary/aromatic N) is 5. The molecule has 2 fully saturated rings. The molecule has 1 saturated carbocycles. The zero-order valence-corrected chi connectivity index (χ0v) is 16.2. The fraction of sp³-hybridized carbons (Fsp3) is 0.333. The van der Waals surface area contributed by atoms with E-state index in [1.54, 1.807) is 6.33 Å². The number of hydrogen-bond donors (Lipinski definition) is 1. The Kier molecular flexibility index (Phi) is 4.02. The average molecular weight is 389 g/mol. The highest BCUT2D eigenvalue weighted by molar-refractivity contribution is 7.80. The summed E-state index contributed by atoms with van der Waals surface area (Å²) in [6.07, 6.45) is 6.63. The van der Waals surface area contributed by atoms with Gasteiger partial charge in [-0.2, -0.15) is 5.26 Å². The van der Waals surface area contributed by atoms with Crippen molar-refractivity contribution in [1.82, 2.24) is 19.9 Å². The molecule has 7 heteroatoms. The molecule has 0 radical (unpaired) electrons. The zero-order valence-electron chi connectivity index (χ0n) is 15.4. The SMILES string of the molecule is N#Cc1ccc(CC(=S)N2CCN(c3ncnc4[nH]ccc34)CC23CC3)cc1. The number of thiocarbonyl (C=S) groups is 1. The Morgan fingerprint density at radius 1 is 1.18 bits per heavy atom. The Morgan fingerprint density at radius 3 is 2.75 bits per heavy atom. The highest BCUT2D eigenvalue weighted by atomic mass is 32.1. The summed E-state index contributed by atoms with van der Waals surface area (Å²) in [6, 6.07) is 11.9. The van der Waals surface area contributed by atoms with Crippen molar-refractivity contribution < 1.29 is 0 Å². The van der Waals surface area contributed by atoms with Crippen LogP contribution in [-0.4, -0.2) is 50.0 Å². The third-order valence-electron chi connectivity index (χ3n) is 5.85. The van der Waals surface area contributed by atoms with Crippen molar-refractivity contribution in [3.05, 3.63) is 54.0 Å². The predicted molar refractivity (Wildman–Crippen MR) is 112 cm³/mol. The normalized spacial score (nSPS) is 17.7. The van der Waals surface area contributed by atoms with E-state index in [-0.39, 0.29) is 5.54 Å². The molecule has 1 spiro atoms. The van der Waals surface area contributed by atoms with E-state index in [0.717, 1.165) is 53.5 Å². The molecular formula is C21H20N6S. The lowest BCUT2D eigenvalue weighted by molar-refractivity contribution is 0.260. The van der Waals surface area contributed by atoms with E-state index in [9.17, 15) is 0 Å². The van der Waals surface area contributed by atoms with Crippen molar-refractivity contribution in [3.8, 4) is 6.07 Å². The summed E-state index contributed by atoms with van der Waals surface area (Å²) in [6.45, 7) is 2.75. The molecule has 1 aliphatic heterocycles. The summed E-state index contributed by atoms with van der Waals surface area (Å²) in [7, 11) is 0. The van der Waals surface area contributed by atoms with Crippen molar-refractivity contribution >= 4 is 34.1 Å². The van der Waals surface area contributed by atoms with Gasteiger partial charge in [-0.1, -0.05) is 24.4 Å². The molecule has 2 aliphatic rings. The maximum Gasteiger partial charge on any atom is 0.142 e. The highest BCUT2D eigenvalue weighted by Crippen LogP contribution is 2.45. The van der Waals surface area contributed by atoms with E-state index in [4.69, 9.17) is 17.5 Å². The monoisotopic (exact) mass is 388 g/mol. The molecule has 3 aromatic rings. The van der Waals surface area contributed by atoms with Gasteiger partial charge in [-0.3, -0.25) is 0 Å². The first-order valence-corrected chi connectivity index (χ1v) is 9.92. The Bertz CT molecular complexity index is 1080. The second-order valence-corrected chi connectivity index (χ2v) is 8.09. The zero-order chi connectivity index (χ0) is 19.1. The van der Waals surface area contributed by atoms with Gasteiger partial charge in [0.1, 0.15) is 17.8 Å². The van der Waals surface area contributed by atoms with Gasteiger partial charge in [0.25, 0.3) is 0 Å². The molecule has 1 saturated heterocycles. The maximum atomic E-state index is 8.96. The van der Waals surface area contributed by atoms with Crippen molar-refractivity contribution in [2.75, 3.05) is 24.5 Å². The molecule has 6 nitrogen and oxygen atoms in total. The van der Waals surface area contributed by atoms with Crippen LogP contribution in [0.25, 0.3) is 11.0 Å². The lowest BCUT2D eigenvalue weighted by atomic mass is 10.1. The molecule has 1 aliphatic carbocycles. The Labute approximate surface area is 168 Å². The van der Waals surface area contributed by atoms with Crippen LogP contribution in [0.4, 0.5) is 5.82 Å². The topological polar surface area (TPSA) is 71.8 Å². The molecule has 1 aromatic carbocycles. The predicted octanol–water partition coefficient (Wildman–Crippen LogP) is 3.05. The largest absolute Gasteiger partial charge is 0.357 e. The summed E-state index contributed by atoms with van der Waals surface area (Å²) >= 11 is 5.84. The van der Waals surface area contributed by atoms with Gasteiger partial charge in [-0.05, 0) is 36.6 Å². The minimum Gasteiger partial charge on any atom is -0.357 e. The van der Waals surface area contributed by atoms with Crippen molar-refractivity contribution in [2.24, 2.45) is 0 Å². The first kappa shape index (κ1) is 17.1. The van der Waals surface area contributed by atoms with Crippen LogP contribution in [0.1, 0.15) is 24.0 Å². The van der Waals surface area contributed by atoms with Crippen LogP contribution in [0.3, 0.4) is 0 Å². The van der Waals surface area contributed by atoms with E-state index in [1.807, 2.05) is 36.5 Å². The number of nitriles is 1. The first-order valence-electron chi connectivity index (χ1n) is 9.51. The number of aromatic nitrogens is 3. The van der Waals surface area contributed by atoms with E-state index in [0.29, 0.717) is 5.56 Å². The molecule has 0 atom stereocenters. The molecule has 0 amide bonds. The van der Waals surface area contributed by atoms with Crippen molar-refractivity contribution in [2.45, 2.75) is 24.8 Å². The quantitative estimate of drug-likeness (QED) is 0.696. The lowest BCUT2D eigenvalue weighted by Gasteiger charge is -2.44. The average Bonchev–Trinajstić information content (AvgIpc) is 3.30. The van der Waals surface area contributed by atoms with Gasteiger partial charge in [0.05, 0.1) is 27.5 Å². The first-order chi connectivity index (χ1) is 13.7. The molecular weight excluding hydrogens is 368 g/mol. The number of piperazine rings is 1. The second kappa shape index (κ2) is 6.57. The fourth-order valence-electron chi connectivity index (χ4n) is 4.20. The molecule has 0 unspecified atom stereocenters. The van der Waals surface area contributed by atoms with Crippen molar-refractivity contribution in [3.63, 3.8) is 0 Å². The highest BCUT2D eigenvalue weighted by Gasteiger charge is 2.52. The summed E-state index contributed by atoms with van der Waals surface area (Å²) in [4.78, 5) is 17.9. The Balaban J connectivity index is 1.33. The number of rotatable bonds is 3. The molecule has 0 bridgehead atoms. The van der Waals surface area contributed by atoms with Crippen LogP contribution in [0, 0.1) is 11.3 Å². The summed E-state index contributed by atoms with van der Waals surface area (Å²) in [5.41, 5.74) is 2.86. The van der Waals surface area contributed by atoms with Gasteiger partial charge in [0.2, 0.25) is 0 Å². The van der Waals surface area contributed by atoms with E-state index < -0.39 is 0 Å². The number of fused-ring (bicyclic) bond motifs is 1. The molecule has 28 heavy (non-hydrogen) atoms. The van der Waals surface area contributed by atoms with Crippen LogP contribution >= 0.6 is 12.2 Å². The standard InChI is InChI=1S/C21H20N6S/c22-12-16-3-1-15(2-4-16)11-18(28)27-10-9-26(13-21(27)6-7-21)20-17-5-8-23-19(17)24-14-25-20/h1-5,8,14H,6-7,9-11,13H2,(H,23,24,25). The number of aromatic amines is 1. The lowest BCUT2D eigenvalue weighted by Crippen LogP contribution is -2.57. The van der Waals surface area contributed by atoms with Gasteiger partial charge >= 0.3 is 0 Å². The van der Waals surface area contributed by atoms with Crippen LogP contribution in [-0.2, 0) is 6.42 Å². The van der Waals surface area contributed by atoms with Gasteiger partial charge in [0.15, 0.2) is 0 Å². The number of benzene rings is 1. The summed E-state index contributed by atoms with van der Waals surface area (Å²) < 4.78 is 0. The van der Waals surface area contributed by atoms with Crippen LogP contribution < -0.4 is 4.90 Å². The molecule has 3 heterocycles. The Hall–Kier alpha value is -2.98. The third-order valence-corrected chi connectivity index (χ3v) is 6.22. The number of anilines is 1.